The van der Waals surface area contributed by atoms with E-state index in [0.29, 0.717) is 17.5 Å². The van der Waals surface area contributed by atoms with Gasteiger partial charge in [0.25, 0.3) is 0 Å². The van der Waals surface area contributed by atoms with Gasteiger partial charge in [-0.05, 0) is 51.6 Å². The van der Waals surface area contributed by atoms with Crippen molar-refractivity contribution in [1.82, 2.24) is 15.0 Å². The molecule has 0 aliphatic rings. The van der Waals surface area contributed by atoms with E-state index in [-0.39, 0.29) is 0 Å². The molecule has 7 aromatic rings. The van der Waals surface area contributed by atoms with Gasteiger partial charge in [-0.25, -0.2) is 15.0 Å². The molecule has 0 unspecified atom stereocenters. The van der Waals surface area contributed by atoms with Crippen LogP contribution < -0.4 is 0 Å². The number of hydrogen-bond donors (Lipinski definition) is 0. The van der Waals surface area contributed by atoms with Crippen LogP contribution in [0.2, 0.25) is 0 Å². The predicted octanol–water partition coefficient (Wildman–Crippen LogP) is 10.6. The summed E-state index contributed by atoms with van der Waals surface area (Å²) in [5.74, 6) is 1.94. The summed E-state index contributed by atoms with van der Waals surface area (Å²) >= 11 is 3.53. The molecule has 0 N–H and O–H groups in total. The molecular formula is C39H26BrN3. The molecule has 0 amide bonds. The van der Waals surface area contributed by atoms with Gasteiger partial charge in [0.15, 0.2) is 17.5 Å². The molecule has 0 atom stereocenters. The summed E-state index contributed by atoms with van der Waals surface area (Å²) in [6.45, 7) is 0. The van der Waals surface area contributed by atoms with Gasteiger partial charge in [-0.3, -0.25) is 0 Å². The van der Waals surface area contributed by atoms with Crippen LogP contribution in [0.15, 0.2) is 162 Å². The average molecular weight is 617 g/mol. The number of benzene rings is 6. The Kier molecular flexibility index (Phi) is 7.43. The molecule has 204 valence electrons. The summed E-state index contributed by atoms with van der Waals surface area (Å²) in [6, 6.07) is 54.3. The minimum atomic E-state index is 0.645. The van der Waals surface area contributed by atoms with Crippen LogP contribution in [0.3, 0.4) is 0 Å². The average Bonchev–Trinajstić information content (AvgIpc) is 3.09. The van der Waals surface area contributed by atoms with E-state index in [1.54, 1.807) is 0 Å². The smallest absolute Gasteiger partial charge is 0.164 e. The second kappa shape index (κ2) is 12.0. The van der Waals surface area contributed by atoms with Crippen LogP contribution in [0.5, 0.6) is 0 Å². The van der Waals surface area contributed by atoms with Gasteiger partial charge in [-0.15, -0.1) is 0 Å². The zero-order valence-electron chi connectivity index (χ0n) is 23.2. The van der Waals surface area contributed by atoms with E-state index in [1.807, 2.05) is 36.4 Å². The Balaban J connectivity index is 1.24. The summed E-state index contributed by atoms with van der Waals surface area (Å²) in [5, 5.41) is 0. The third-order valence-corrected chi connectivity index (χ3v) is 7.96. The number of halogens is 1. The van der Waals surface area contributed by atoms with Crippen LogP contribution in [0.25, 0.3) is 67.5 Å². The highest BCUT2D eigenvalue weighted by Crippen LogP contribution is 2.30. The van der Waals surface area contributed by atoms with Crippen LogP contribution in [0, 0.1) is 0 Å². The molecule has 3 nitrogen and oxygen atoms in total. The first-order chi connectivity index (χ1) is 21.2. The number of rotatable bonds is 6. The summed E-state index contributed by atoms with van der Waals surface area (Å²) in [5.41, 5.74) is 9.83. The van der Waals surface area contributed by atoms with Gasteiger partial charge in [-0.2, -0.15) is 0 Å². The second-order valence-electron chi connectivity index (χ2n) is 10.3. The van der Waals surface area contributed by atoms with E-state index in [1.165, 1.54) is 16.7 Å². The molecular weight excluding hydrogens is 590 g/mol. The van der Waals surface area contributed by atoms with Crippen molar-refractivity contribution in [2.75, 3.05) is 0 Å². The van der Waals surface area contributed by atoms with Gasteiger partial charge in [-0.1, -0.05) is 155 Å². The Labute approximate surface area is 259 Å². The zero-order valence-corrected chi connectivity index (χ0v) is 24.8. The molecule has 1 heterocycles. The van der Waals surface area contributed by atoms with Gasteiger partial charge in [0, 0.05) is 21.2 Å². The van der Waals surface area contributed by atoms with Crippen molar-refractivity contribution in [3.63, 3.8) is 0 Å². The molecule has 0 saturated carbocycles. The van der Waals surface area contributed by atoms with Crippen molar-refractivity contribution in [3.8, 4) is 67.5 Å². The third kappa shape index (κ3) is 5.92. The van der Waals surface area contributed by atoms with Crippen LogP contribution in [0.4, 0.5) is 0 Å². The summed E-state index contributed by atoms with van der Waals surface area (Å²) in [4.78, 5) is 14.7. The Bertz CT molecular complexity index is 1990. The maximum atomic E-state index is 4.94. The fraction of sp³-hybridized carbons (Fsp3) is 0. The van der Waals surface area contributed by atoms with E-state index >= 15 is 0 Å². The van der Waals surface area contributed by atoms with E-state index in [2.05, 4.69) is 137 Å². The van der Waals surface area contributed by atoms with Crippen LogP contribution >= 0.6 is 15.9 Å². The summed E-state index contributed by atoms with van der Waals surface area (Å²) in [6.07, 6.45) is 0. The molecule has 7 rings (SSSR count). The monoisotopic (exact) mass is 615 g/mol. The Morgan fingerprint density at radius 1 is 0.279 bits per heavy atom. The maximum absolute atomic E-state index is 4.94. The molecule has 0 bridgehead atoms. The summed E-state index contributed by atoms with van der Waals surface area (Å²) in [7, 11) is 0. The highest BCUT2D eigenvalue weighted by atomic mass is 79.9. The van der Waals surface area contributed by atoms with E-state index in [0.717, 1.165) is 37.9 Å². The first-order valence-corrected chi connectivity index (χ1v) is 14.9. The minimum Gasteiger partial charge on any atom is -0.208 e. The minimum absolute atomic E-state index is 0.645. The Hall–Kier alpha value is -5.19. The first-order valence-electron chi connectivity index (χ1n) is 14.1. The molecule has 0 radical (unpaired) electrons. The van der Waals surface area contributed by atoms with Crippen LogP contribution in [-0.4, -0.2) is 15.0 Å². The van der Waals surface area contributed by atoms with E-state index in [4.69, 9.17) is 15.0 Å². The topological polar surface area (TPSA) is 38.7 Å². The lowest BCUT2D eigenvalue weighted by atomic mass is 9.98. The quantitative estimate of drug-likeness (QED) is 0.187. The molecule has 43 heavy (non-hydrogen) atoms. The standard InChI is InChI=1S/C39H26BrN3/c40-36-24-22-30(23-25-36)35-13-7-12-34(26-35)29-16-20-33(21-17-29)39-42-37(31-10-5-2-6-11-31)41-38(43-39)32-18-14-28(15-19-32)27-8-3-1-4-9-27/h1-26H. The molecule has 1 aromatic heterocycles. The lowest BCUT2D eigenvalue weighted by Gasteiger charge is -2.10. The van der Waals surface area contributed by atoms with E-state index in [9.17, 15) is 0 Å². The maximum Gasteiger partial charge on any atom is 0.164 e. The fourth-order valence-corrected chi connectivity index (χ4v) is 5.39. The van der Waals surface area contributed by atoms with Crippen molar-refractivity contribution >= 4 is 15.9 Å². The highest BCUT2D eigenvalue weighted by molar-refractivity contribution is 9.10. The molecule has 6 aromatic carbocycles. The SMILES string of the molecule is Brc1ccc(-c2cccc(-c3ccc(-c4nc(-c5ccccc5)nc(-c5ccc(-c6ccccc6)cc5)n4)cc3)c2)cc1. The van der Waals surface area contributed by atoms with Crippen LogP contribution in [0.1, 0.15) is 0 Å². The lowest BCUT2D eigenvalue weighted by Crippen LogP contribution is -2.00. The van der Waals surface area contributed by atoms with Crippen molar-refractivity contribution < 1.29 is 0 Å². The number of aromatic nitrogens is 3. The van der Waals surface area contributed by atoms with Gasteiger partial charge >= 0.3 is 0 Å². The Morgan fingerprint density at radius 2 is 0.581 bits per heavy atom. The normalized spacial score (nSPS) is 10.9. The first kappa shape index (κ1) is 26.7. The largest absolute Gasteiger partial charge is 0.208 e. The number of nitrogens with zero attached hydrogens (tertiary/aromatic N) is 3. The van der Waals surface area contributed by atoms with Gasteiger partial charge in [0.1, 0.15) is 0 Å². The third-order valence-electron chi connectivity index (χ3n) is 7.43. The van der Waals surface area contributed by atoms with Crippen molar-refractivity contribution in [2.45, 2.75) is 0 Å². The van der Waals surface area contributed by atoms with Gasteiger partial charge in [0.2, 0.25) is 0 Å². The molecule has 0 aliphatic heterocycles. The zero-order chi connectivity index (χ0) is 29.0. The van der Waals surface area contributed by atoms with Crippen molar-refractivity contribution in [3.05, 3.63) is 162 Å². The molecule has 0 fully saturated rings. The fourth-order valence-electron chi connectivity index (χ4n) is 5.13. The van der Waals surface area contributed by atoms with E-state index < -0.39 is 0 Å². The highest BCUT2D eigenvalue weighted by Gasteiger charge is 2.13. The molecule has 0 spiro atoms. The van der Waals surface area contributed by atoms with Crippen molar-refractivity contribution in [2.24, 2.45) is 0 Å². The number of hydrogen-bond acceptors (Lipinski definition) is 3. The molecule has 0 saturated heterocycles. The van der Waals surface area contributed by atoms with Gasteiger partial charge in [0.05, 0.1) is 0 Å². The predicted molar refractivity (Wildman–Crippen MR) is 180 cm³/mol. The van der Waals surface area contributed by atoms with Crippen molar-refractivity contribution in [1.29, 1.82) is 0 Å². The molecule has 4 heteroatoms. The lowest BCUT2D eigenvalue weighted by molar-refractivity contribution is 1.07. The summed E-state index contributed by atoms with van der Waals surface area (Å²) < 4.78 is 1.07. The molecule has 0 aliphatic carbocycles. The van der Waals surface area contributed by atoms with Gasteiger partial charge < -0.3 is 0 Å². The van der Waals surface area contributed by atoms with Crippen LogP contribution in [-0.2, 0) is 0 Å². The second-order valence-corrected chi connectivity index (χ2v) is 11.2. The Morgan fingerprint density at radius 3 is 1.05 bits per heavy atom.